The molecule has 4 heteroatoms. The second kappa shape index (κ2) is 8.08. The summed E-state index contributed by atoms with van der Waals surface area (Å²) in [7, 11) is 0. The van der Waals surface area contributed by atoms with Crippen molar-refractivity contribution in [3.8, 4) is 17.2 Å². The van der Waals surface area contributed by atoms with E-state index in [2.05, 4.69) is 5.32 Å². The maximum atomic E-state index is 11.7. The van der Waals surface area contributed by atoms with Crippen molar-refractivity contribution < 1.29 is 14.3 Å². The van der Waals surface area contributed by atoms with Crippen LogP contribution in [0.25, 0.3) is 0 Å². The molecule has 4 nitrogen and oxygen atoms in total. The molecule has 116 valence electrons. The molecular weight excluding hydrogens is 278 g/mol. The lowest BCUT2D eigenvalue weighted by atomic mass is 10.2. The van der Waals surface area contributed by atoms with Crippen LogP contribution in [-0.2, 0) is 4.79 Å². The van der Waals surface area contributed by atoms with Crippen molar-refractivity contribution in [2.75, 3.05) is 6.61 Å². The van der Waals surface area contributed by atoms with E-state index in [1.165, 1.54) is 0 Å². The van der Waals surface area contributed by atoms with Gasteiger partial charge in [0.1, 0.15) is 17.2 Å². The Morgan fingerprint density at radius 3 is 2.45 bits per heavy atom. The van der Waals surface area contributed by atoms with E-state index in [9.17, 15) is 4.79 Å². The van der Waals surface area contributed by atoms with E-state index < -0.39 is 0 Å². The van der Waals surface area contributed by atoms with Gasteiger partial charge in [0.2, 0.25) is 0 Å². The van der Waals surface area contributed by atoms with E-state index >= 15 is 0 Å². The molecule has 1 N–H and O–H groups in total. The Labute approximate surface area is 131 Å². The zero-order valence-electron chi connectivity index (χ0n) is 12.9. The largest absolute Gasteiger partial charge is 0.484 e. The molecule has 0 heterocycles. The summed E-state index contributed by atoms with van der Waals surface area (Å²) in [5, 5.41) is 2.86. The molecule has 22 heavy (non-hydrogen) atoms. The average Bonchev–Trinajstić information content (AvgIpc) is 2.54. The van der Waals surface area contributed by atoms with Gasteiger partial charge in [-0.15, -0.1) is 0 Å². The summed E-state index contributed by atoms with van der Waals surface area (Å²) < 4.78 is 11.2. The van der Waals surface area contributed by atoms with E-state index in [4.69, 9.17) is 9.47 Å². The first-order valence-electron chi connectivity index (χ1n) is 7.42. The lowest BCUT2D eigenvalue weighted by Gasteiger charge is -2.12. The minimum atomic E-state index is -0.122. The van der Waals surface area contributed by atoms with Crippen LogP contribution in [0.3, 0.4) is 0 Å². The maximum Gasteiger partial charge on any atom is 0.258 e. The van der Waals surface area contributed by atoms with Crippen molar-refractivity contribution >= 4 is 5.91 Å². The van der Waals surface area contributed by atoms with E-state index in [0.29, 0.717) is 11.5 Å². The molecule has 0 radical (unpaired) electrons. The van der Waals surface area contributed by atoms with Gasteiger partial charge < -0.3 is 14.8 Å². The highest BCUT2D eigenvalue weighted by molar-refractivity contribution is 5.77. The van der Waals surface area contributed by atoms with Gasteiger partial charge in [0, 0.05) is 12.1 Å². The topological polar surface area (TPSA) is 47.6 Å². The van der Waals surface area contributed by atoms with Crippen molar-refractivity contribution in [1.29, 1.82) is 0 Å². The number of hydrogen-bond donors (Lipinski definition) is 1. The zero-order valence-corrected chi connectivity index (χ0v) is 12.9. The minimum absolute atomic E-state index is 0.000863. The second-order valence-electron chi connectivity index (χ2n) is 5.06. The number of rotatable bonds is 7. The van der Waals surface area contributed by atoms with Crippen LogP contribution >= 0.6 is 0 Å². The fourth-order valence-electron chi connectivity index (χ4n) is 1.82. The Kier molecular flexibility index (Phi) is 5.83. The normalized spacial score (nSPS) is 11.5. The highest BCUT2D eigenvalue weighted by Gasteiger charge is 2.07. The molecule has 1 amide bonds. The first-order chi connectivity index (χ1) is 10.7. The van der Waals surface area contributed by atoms with E-state index in [0.717, 1.165) is 12.2 Å². The van der Waals surface area contributed by atoms with Crippen LogP contribution in [0.5, 0.6) is 17.2 Å². The van der Waals surface area contributed by atoms with Gasteiger partial charge in [-0.1, -0.05) is 31.2 Å². The number of hydrogen-bond acceptors (Lipinski definition) is 3. The molecule has 0 saturated heterocycles. The Hall–Kier alpha value is -2.49. The van der Waals surface area contributed by atoms with Gasteiger partial charge in [-0.3, -0.25) is 4.79 Å². The predicted octanol–water partition coefficient (Wildman–Crippen LogP) is 3.77. The van der Waals surface area contributed by atoms with Crippen LogP contribution in [-0.4, -0.2) is 18.6 Å². The molecule has 0 aliphatic rings. The van der Waals surface area contributed by atoms with Crippen LogP contribution < -0.4 is 14.8 Å². The zero-order chi connectivity index (χ0) is 15.8. The van der Waals surface area contributed by atoms with E-state index in [1.54, 1.807) is 12.1 Å². The minimum Gasteiger partial charge on any atom is -0.484 e. The maximum absolute atomic E-state index is 11.7. The molecule has 2 rings (SSSR count). The highest BCUT2D eigenvalue weighted by atomic mass is 16.5. The molecule has 0 aromatic heterocycles. The lowest BCUT2D eigenvalue weighted by Crippen LogP contribution is -2.35. The number of carbonyl (C=O) groups excluding carboxylic acids is 1. The second-order valence-corrected chi connectivity index (χ2v) is 5.06. The molecule has 0 spiro atoms. The summed E-state index contributed by atoms with van der Waals surface area (Å²) in [6.07, 6.45) is 0.895. The molecule has 0 aliphatic carbocycles. The van der Waals surface area contributed by atoms with Crippen LogP contribution in [0.4, 0.5) is 0 Å². The summed E-state index contributed by atoms with van der Waals surface area (Å²) in [6, 6.07) is 16.9. The molecular formula is C18H21NO3. The first-order valence-corrected chi connectivity index (χ1v) is 7.42. The smallest absolute Gasteiger partial charge is 0.258 e. The summed E-state index contributed by atoms with van der Waals surface area (Å²) >= 11 is 0. The molecule has 1 atom stereocenters. The third-order valence-corrected chi connectivity index (χ3v) is 3.17. The van der Waals surface area contributed by atoms with E-state index in [-0.39, 0.29) is 18.6 Å². The van der Waals surface area contributed by atoms with Crippen LogP contribution in [0.15, 0.2) is 54.6 Å². The number of ether oxygens (including phenoxy) is 2. The van der Waals surface area contributed by atoms with Gasteiger partial charge >= 0.3 is 0 Å². The third kappa shape index (κ3) is 5.13. The van der Waals surface area contributed by atoms with E-state index in [1.807, 2.05) is 56.3 Å². The first kappa shape index (κ1) is 15.9. The van der Waals surface area contributed by atoms with Crippen LogP contribution in [0.1, 0.15) is 20.3 Å². The Bertz CT molecular complexity index is 598. The number of carbonyl (C=O) groups is 1. The summed E-state index contributed by atoms with van der Waals surface area (Å²) in [5.74, 6) is 1.91. The molecule has 0 unspecified atom stereocenters. The van der Waals surface area contributed by atoms with Gasteiger partial charge in [-0.25, -0.2) is 0 Å². The number of amides is 1. The van der Waals surface area contributed by atoms with Crippen molar-refractivity contribution in [3.05, 3.63) is 54.6 Å². The molecule has 2 aromatic carbocycles. The molecule has 0 saturated carbocycles. The van der Waals surface area contributed by atoms with Crippen LogP contribution in [0.2, 0.25) is 0 Å². The fourth-order valence-corrected chi connectivity index (χ4v) is 1.82. The summed E-state index contributed by atoms with van der Waals surface area (Å²) in [5.41, 5.74) is 0. The predicted molar refractivity (Wildman–Crippen MR) is 86.3 cm³/mol. The Morgan fingerprint density at radius 1 is 1.05 bits per heavy atom. The molecule has 0 aliphatic heterocycles. The summed E-state index contributed by atoms with van der Waals surface area (Å²) in [6.45, 7) is 3.99. The van der Waals surface area contributed by atoms with Gasteiger partial charge in [0.05, 0.1) is 0 Å². The third-order valence-electron chi connectivity index (χ3n) is 3.17. The SMILES string of the molecule is CC[C@@H](C)NC(=O)COc1cccc(Oc2ccccc2)c1. The monoisotopic (exact) mass is 299 g/mol. The Balaban J connectivity index is 1.90. The van der Waals surface area contributed by atoms with Gasteiger partial charge in [0.25, 0.3) is 5.91 Å². The molecule has 0 bridgehead atoms. The Morgan fingerprint density at radius 2 is 1.73 bits per heavy atom. The van der Waals surface area contributed by atoms with Crippen molar-refractivity contribution in [2.45, 2.75) is 26.3 Å². The van der Waals surface area contributed by atoms with Gasteiger partial charge in [0.15, 0.2) is 6.61 Å². The fraction of sp³-hybridized carbons (Fsp3) is 0.278. The number of para-hydroxylation sites is 1. The van der Waals surface area contributed by atoms with Gasteiger partial charge in [-0.2, -0.15) is 0 Å². The number of benzene rings is 2. The standard InChI is InChI=1S/C18H21NO3/c1-3-14(2)19-18(20)13-21-16-10-7-11-17(12-16)22-15-8-5-4-6-9-15/h4-12,14H,3,13H2,1-2H3,(H,19,20)/t14-/m1/s1. The van der Waals surface area contributed by atoms with Crippen LogP contribution in [0, 0.1) is 0 Å². The molecule has 0 fully saturated rings. The number of nitrogens with one attached hydrogen (secondary N) is 1. The quantitative estimate of drug-likeness (QED) is 0.846. The lowest BCUT2D eigenvalue weighted by molar-refractivity contribution is -0.123. The van der Waals surface area contributed by atoms with Gasteiger partial charge in [-0.05, 0) is 37.6 Å². The highest BCUT2D eigenvalue weighted by Crippen LogP contribution is 2.24. The van der Waals surface area contributed by atoms with Crippen molar-refractivity contribution in [1.82, 2.24) is 5.32 Å². The average molecular weight is 299 g/mol. The van der Waals surface area contributed by atoms with Crippen molar-refractivity contribution in [2.24, 2.45) is 0 Å². The molecule has 2 aromatic rings. The van der Waals surface area contributed by atoms with Crippen molar-refractivity contribution in [3.63, 3.8) is 0 Å². The summed E-state index contributed by atoms with van der Waals surface area (Å²) in [4.78, 5) is 11.7.